The zero-order chi connectivity index (χ0) is 23.5. The van der Waals surface area contributed by atoms with E-state index in [0.29, 0.717) is 17.1 Å². The van der Waals surface area contributed by atoms with E-state index >= 15 is 0 Å². The first-order valence-electron chi connectivity index (χ1n) is 9.63. The van der Waals surface area contributed by atoms with Crippen LogP contribution in [0.5, 0.6) is 11.5 Å². The molecule has 3 rings (SSSR count). The van der Waals surface area contributed by atoms with Crippen molar-refractivity contribution >= 4 is 23.2 Å². The largest absolute Gasteiger partial charge is 0.496 e. The summed E-state index contributed by atoms with van der Waals surface area (Å²) in [5.41, 5.74) is 1.90. The van der Waals surface area contributed by atoms with Crippen molar-refractivity contribution in [2.24, 2.45) is 0 Å². The lowest BCUT2D eigenvalue weighted by Gasteiger charge is -2.14. The van der Waals surface area contributed by atoms with Crippen LogP contribution < -0.4 is 14.8 Å². The summed E-state index contributed by atoms with van der Waals surface area (Å²) >= 11 is 5.98. The van der Waals surface area contributed by atoms with Gasteiger partial charge in [-0.25, -0.2) is 0 Å². The normalized spacial score (nSPS) is 11.2. The zero-order valence-electron chi connectivity index (χ0n) is 17.6. The molecule has 0 aromatic heterocycles. The van der Waals surface area contributed by atoms with Crippen molar-refractivity contribution in [2.75, 3.05) is 12.4 Å². The highest BCUT2D eigenvalue weighted by molar-refractivity contribution is 6.34. The van der Waals surface area contributed by atoms with Gasteiger partial charge in [0.2, 0.25) is 0 Å². The van der Waals surface area contributed by atoms with E-state index in [1.165, 1.54) is 13.2 Å². The summed E-state index contributed by atoms with van der Waals surface area (Å²) in [6.07, 6.45) is -4.55. The average Bonchev–Trinajstić information content (AvgIpc) is 2.72. The van der Waals surface area contributed by atoms with Gasteiger partial charge < -0.3 is 14.8 Å². The first kappa shape index (κ1) is 23.5. The third-order valence-electron chi connectivity index (χ3n) is 4.67. The number of methoxy groups -OCH3 is 1. The Bertz CT molecular complexity index is 1130. The number of amides is 1. The maximum atomic E-state index is 13.0. The third-order valence-corrected chi connectivity index (χ3v) is 5.00. The quantitative estimate of drug-likeness (QED) is 0.436. The lowest BCUT2D eigenvalue weighted by Crippen LogP contribution is -2.14. The van der Waals surface area contributed by atoms with E-state index in [4.69, 9.17) is 21.1 Å². The summed E-state index contributed by atoms with van der Waals surface area (Å²) in [5.74, 6) is 0.583. The Morgan fingerprint density at radius 2 is 1.69 bits per heavy atom. The Kier molecular flexibility index (Phi) is 6.99. The summed E-state index contributed by atoms with van der Waals surface area (Å²) in [6.45, 7) is 4.06. The molecular weight excluding hydrogens is 443 g/mol. The van der Waals surface area contributed by atoms with Crippen LogP contribution in [0.25, 0.3) is 0 Å². The number of alkyl halides is 3. The molecule has 0 radical (unpaired) electrons. The maximum absolute atomic E-state index is 13.0. The number of hydrogen-bond acceptors (Lipinski definition) is 3. The number of halogens is 4. The number of rotatable bonds is 6. The molecule has 32 heavy (non-hydrogen) atoms. The van der Waals surface area contributed by atoms with E-state index in [9.17, 15) is 18.0 Å². The van der Waals surface area contributed by atoms with Gasteiger partial charge in [0.1, 0.15) is 18.1 Å². The molecule has 3 aromatic rings. The standard InChI is InChI=1S/C24H21ClF3NO3/c1-14-8-15(2)10-19(9-14)32-13-17-11-16(4-7-22(17)31-3)23(30)29-21-12-18(24(26,27)28)5-6-20(21)25/h4-12H,13H2,1-3H3,(H,29,30). The molecule has 0 fully saturated rings. The minimum Gasteiger partial charge on any atom is -0.496 e. The molecule has 0 spiro atoms. The fourth-order valence-corrected chi connectivity index (χ4v) is 3.37. The minimum atomic E-state index is -4.55. The summed E-state index contributed by atoms with van der Waals surface area (Å²) < 4.78 is 50.2. The highest BCUT2D eigenvalue weighted by Gasteiger charge is 2.31. The predicted molar refractivity (Wildman–Crippen MR) is 118 cm³/mol. The molecule has 0 aliphatic carbocycles. The van der Waals surface area contributed by atoms with Gasteiger partial charge >= 0.3 is 6.18 Å². The van der Waals surface area contributed by atoms with Gasteiger partial charge in [-0.3, -0.25) is 4.79 Å². The van der Waals surface area contributed by atoms with Crippen LogP contribution >= 0.6 is 11.6 Å². The first-order chi connectivity index (χ1) is 15.1. The maximum Gasteiger partial charge on any atom is 0.416 e. The Labute approximate surface area is 188 Å². The van der Waals surface area contributed by atoms with E-state index in [2.05, 4.69) is 5.32 Å². The van der Waals surface area contributed by atoms with E-state index in [1.807, 2.05) is 32.0 Å². The second kappa shape index (κ2) is 9.53. The number of aryl methyl sites for hydroxylation is 2. The number of anilines is 1. The number of carbonyl (C=O) groups is 1. The molecule has 0 unspecified atom stereocenters. The molecule has 1 amide bonds. The fourth-order valence-electron chi connectivity index (χ4n) is 3.20. The molecule has 0 aliphatic heterocycles. The van der Waals surface area contributed by atoms with Gasteiger partial charge in [-0.15, -0.1) is 0 Å². The van der Waals surface area contributed by atoms with Crippen molar-refractivity contribution in [1.82, 2.24) is 0 Å². The van der Waals surface area contributed by atoms with E-state index in [0.717, 1.165) is 29.3 Å². The number of benzene rings is 3. The van der Waals surface area contributed by atoms with Crippen LogP contribution in [0, 0.1) is 13.8 Å². The van der Waals surface area contributed by atoms with Crippen molar-refractivity contribution in [3.05, 3.63) is 87.4 Å². The lowest BCUT2D eigenvalue weighted by molar-refractivity contribution is -0.137. The lowest BCUT2D eigenvalue weighted by atomic mass is 10.1. The van der Waals surface area contributed by atoms with Gasteiger partial charge in [0.15, 0.2) is 0 Å². The molecule has 0 saturated heterocycles. The minimum absolute atomic E-state index is 0.00163. The monoisotopic (exact) mass is 463 g/mol. The van der Waals surface area contributed by atoms with Crippen LogP contribution in [0.2, 0.25) is 5.02 Å². The number of carbonyl (C=O) groups excluding carboxylic acids is 1. The molecule has 8 heteroatoms. The zero-order valence-corrected chi connectivity index (χ0v) is 18.4. The molecule has 1 N–H and O–H groups in total. The predicted octanol–water partition coefficient (Wildman–Crippen LogP) is 6.82. The van der Waals surface area contributed by atoms with Crippen molar-refractivity contribution in [1.29, 1.82) is 0 Å². The first-order valence-corrected chi connectivity index (χ1v) is 10.0. The topological polar surface area (TPSA) is 47.6 Å². The van der Waals surface area contributed by atoms with Gasteiger partial charge in [0.25, 0.3) is 5.91 Å². The van der Waals surface area contributed by atoms with Gasteiger partial charge in [-0.2, -0.15) is 13.2 Å². The molecule has 0 aliphatic rings. The highest BCUT2D eigenvalue weighted by atomic mass is 35.5. The van der Waals surface area contributed by atoms with Crippen molar-refractivity contribution in [3.8, 4) is 11.5 Å². The molecule has 0 atom stereocenters. The van der Waals surface area contributed by atoms with Crippen LogP contribution in [0.1, 0.15) is 32.6 Å². The van der Waals surface area contributed by atoms with Gasteiger partial charge in [0.05, 0.1) is 23.4 Å². The summed E-state index contributed by atoms with van der Waals surface area (Å²) in [6, 6.07) is 13.2. The Hall–Kier alpha value is -3.19. The van der Waals surface area contributed by atoms with Crippen molar-refractivity contribution in [3.63, 3.8) is 0 Å². The summed E-state index contributed by atoms with van der Waals surface area (Å²) in [7, 11) is 1.50. The fraction of sp³-hybridized carbons (Fsp3) is 0.208. The van der Waals surface area contributed by atoms with Crippen LogP contribution in [-0.4, -0.2) is 13.0 Å². The number of nitrogens with one attached hydrogen (secondary N) is 1. The SMILES string of the molecule is COc1ccc(C(=O)Nc2cc(C(F)(F)F)ccc2Cl)cc1COc1cc(C)cc(C)c1. The highest BCUT2D eigenvalue weighted by Crippen LogP contribution is 2.34. The van der Waals surface area contributed by atoms with Crippen LogP contribution in [0.3, 0.4) is 0 Å². The second-order valence-electron chi connectivity index (χ2n) is 7.29. The smallest absolute Gasteiger partial charge is 0.416 e. The number of ether oxygens (including phenoxy) is 2. The second-order valence-corrected chi connectivity index (χ2v) is 7.69. The Morgan fingerprint density at radius 3 is 2.31 bits per heavy atom. The summed E-state index contributed by atoms with van der Waals surface area (Å²) in [5, 5.41) is 2.44. The van der Waals surface area contributed by atoms with Crippen LogP contribution in [0.15, 0.2) is 54.6 Å². The third kappa shape index (κ3) is 5.73. The Balaban J connectivity index is 1.82. The van der Waals surface area contributed by atoms with E-state index in [-0.39, 0.29) is 22.9 Å². The molecule has 0 bridgehead atoms. The molecule has 3 aromatic carbocycles. The molecule has 0 heterocycles. The van der Waals surface area contributed by atoms with Crippen LogP contribution in [-0.2, 0) is 12.8 Å². The average molecular weight is 464 g/mol. The van der Waals surface area contributed by atoms with Crippen LogP contribution in [0.4, 0.5) is 18.9 Å². The van der Waals surface area contributed by atoms with E-state index < -0.39 is 17.6 Å². The van der Waals surface area contributed by atoms with Crippen molar-refractivity contribution in [2.45, 2.75) is 26.6 Å². The molecule has 0 saturated carbocycles. The van der Waals surface area contributed by atoms with Gasteiger partial charge in [0, 0.05) is 11.1 Å². The van der Waals surface area contributed by atoms with Gasteiger partial charge in [-0.1, -0.05) is 17.7 Å². The molecular formula is C24H21ClF3NO3. The summed E-state index contributed by atoms with van der Waals surface area (Å²) in [4.78, 5) is 12.7. The molecule has 4 nitrogen and oxygen atoms in total. The Morgan fingerprint density at radius 1 is 1.00 bits per heavy atom. The van der Waals surface area contributed by atoms with E-state index in [1.54, 1.807) is 12.1 Å². The molecule has 168 valence electrons. The van der Waals surface area contributed by atoms with Crippen molar-refractivity contribution < 1.29 is 27.4 Å². The van der Waals surface area contributed by atoms with Gasteiger partial charge in [-0.05, 0) is 73.5 Å². The number of hydrogen-bond donors (Lipinski definition) is 1.